The molecule has 9 heavy (non-hydrogen) atoms. The molecule has 5 nitrogen and oxygen atoms in total. The van der Waals surface area contributed by atoms with E-state index in [2.05, 4.69) is 5.73 Å². The molecule has 0 saturated carbocycles. The van der Waals surface area contributed by atoms with Crippen LogP contribution in [0, 0.1) is 0 Å². The maximum absolute atomic E-state index is 9.84. The summed E-state index contributed by atoms with van der Waals surface area (Å²) in [6.45, 7) is 3.21. The van der Waals surface area contributed by atoms with E-state index in [4.69, 9.17) is 4.79 Å². The van der Waals surface area contributed by atoms with Gasteiger partial charge in [0, 0.05) is 6.92 Å². The molecular formula is C4H8N2O3. The highest BCUT2D eigenvalue weighted by Gasteiger charge is 1.91. The van der Waals surface area contributed by atoms with E-state index in [9.17, 15) is 9.59 Å². The first-order valence-corrected chi connectivity index (χ1v) is 1.99. The van der Waals surface area contributed by atoms with Gasteiger partial charge < -0.3 is 10.5 Å². The van der Waals surface area contributed by atoms with Gasteiger partial charge in [-0.15, -0.1) is 0 Å². The normalized spacial score (nSPS) is 6.33. The minimum absolute atomic E-state index is 0.437. The van der Waals surface area contributed by atoms with Crippen molar-refractivity contribution in [1.29, 1.82) is 0 Å². The maximum atomic E-state index is 9.84. The van der Waals surface area contributed by atoms with Crippen LogP contribution in [0.25, 0.3) is 0 Å². The highest BCUT2D eigenvalue weighted by molar-refractivity contribution is 5.91. The van der Waals surface area contributed by atoms with Crippen LogP contribution in [-0.4, -0.2) is 18.7 Å². The lowest BCUT2D eigenvalue weighted by Crippen LogP contribution is -2.32. The standard InChI is InChI=1S/C3H6N2O2.CH2O/c1-2(6)5-3(4)7;1-2/h1H3,(H3,4,5,6,7);1H2. The lowest BCUT2D eigenvalue weighted by Gasteiger charge is -1.88. The van der Waals surface area contributed by atoms with Crippen LogP contribution in [0.4, 0.5) is 4.79 Å². The average Bonchev–Trinajstić information content (AvgIpc) is 1.68. The van der Waals surface area contributed by atoms with E-state index in [1.165, 1.54) is 6.92 Å². The van der Waals surface area contributed by atoms with Crippen molar-refractivity contribution in [3.05, 3.63) is 0 Å². The summed E-state index contributed by atoms with van der Waals surface area (Å²) >= 11 is 0. The number of rotatable bonds is 0. The minimum atomic E-state index is -0.812. The summed E-state index contributed by atoms with van der Waals surface area (Å²) < 4.78 is 0. The molecule has 0 atom stereocenters. The summed E-state index contributed by atoms with van der Waals surface area (Å²) in [7, 11) is 0. The van der Waals surface area contributed by atoms with Crippen LogP contribution in [0.3, 0.4) is 0 Å². The van der Waals surface area contributed by atoms with Crippen molar-refractivity contribution >= 4 is 18.7 Å². The Labute approximate surface area is 52.2 Å². The predicted octanol–water partition coefficient (Wildman–Crippen LogP) is -0.984. The molecule has 0 spiro atoms. The molecule has 0 fully saturated rings. The van der Waals surface area contributed by atoms with E-state index in [0.29, 0.717) is 0 Å². The molecule has 0 aliphatic carbocycles. The van der Waals surface area contributed by atoms with Crippen molar-refractivity contribution in [3.63, 3.8) is 0 Å². The van der Waals surface area contributed by atoms with Gasteiger partial charge >= 0.3 is 6.03 Å². The lowest BCUT2D eigenvalue weighted by atomic mass is 10.7. The van der Waals surface area contributed by atoms with Crippen molar-refractivity contribution in [3.8, 4) is 0 Å². The van der Waals surface area contributed by atoms with Crippen LogP contribution < -0.4 is 11.1 Å². The fraction of sp³-hybridized carbons (Fsp3) is 0.250. The Morgan fingerprint density at radius 2 is 1.78 bits per heavy atom. The number of hydrogen-bond acceptors (Lipinski definition) is 3. The highest BCUT2D eigenvalue weighted by Crippen LogP contribution is 1.55. The van der Waals surface area contributed by atoms with Crippen LogP contribution in [0.1, 0.15) is 6.92 Å². The Bertz CT molecular complexity index is 100. The monoisotopic (exact) mass is 132 g/mol. The molecule has 3 amide bonds. The number of nitrogens with one attached hydrogen (secondary N) is 1. The van der Waals surface area contributed by atoms with Crippen molar-refractivity contribution in [1.82, 2.24) is 5.32 Å². The number of hydrogen-bond donors (Lipinski definition) is 2. The van der Waals surface area contributed by atoms with E-state index < -0.39 is 11.9 Å². The van der Waals surface area contributed by atoms with Crippen LogP contribution in [0.15, 0.2) is 0 Å². The Balaban J connectivity index is 0. The second-order valence-corrected chi connectivity index (χ2v) is 1.05. The Hall–Kier alpha value is -1.39. The second kappa shape index (κ2) is 6.61. The summed E-state index contributed by atoms with van der Waals surface area (Å²) in [6.07, 6.45) is 0. The average molecular weight is 132 g/mol. The predicted molar refractivity (Wildman–Crippen MR) is 30.5 cm³/mol. The fourth-order valence-electron chi connectivity index (χ4n) is 0.173. The van der Waals surface area contributed by atoms with Crippen molar-refractivity contribution in [2.75, 3.05) is 0 Å². The zero-order valence-electron chi connectivity index (χ0n) is 5.01. The lowest BCUT2D eigenvalue weighted by molar-refractivity contribution is -0.117. The van der Waals surface area contributed by atoms with Crippen molar-refractivity contribution < 1.29 is 14.4 Å². The highest BCUT2D eigenvalue weighted by atomic mass is 16.2. The molecule has 0 aliphatic heterocycles. The van der Waals surface area contributed by atoms with Gasteiger partial charge in [0.05, 0.1) is 0 Å². The number of imide groups is 1. The Kier molecular flexibility index (Phi) is 7.76. The van der Waals surface area contributed by atoms with Gasteiger partial charge in [-0.3, -0.25) is 10.1 Å². The van der Waals surface area contributed by atoms with Gasteiger partial charge in [-0.2, -0.15) is 0 Å². The molecule has 0 aliphatic rings. The molecule has 0 heterocycles. The zero-order valence-corrected chi connectivity index (χ0v) is 5.01. The third kappa shape index (κ3) is 20.6. The fourth-order valence-corrected chi connectivity index (χ4v) is 0.173. The third-order valence-electron chi connectivity index (χ3n) is 0.299. The van der Waals surface area contributed by atoms with Gasteiger partial charge in [0.1, 0.15) is 6.79 Å². The van der Waals surface area contributed by atoms with E-state index >= 15 is 0 Å². The molecule has 0 aromatic heterocycles. The van der Waals surface area contributed by atoms with Gasteiger partial charge in [0.15, 0.2) is 0 Å². The zero-order chi connectivity index (χ0) is 7.86. The quantitative estimate of drug-likeness (QED) is 0.443. The minimum Gasteiger partial charge on any atom is -0.351 e. The van der Waals surface area contributed by atoms with Crippen LogP contribution >= 0.6 is 0 Å². The number of urea groups is 1. The Morgan fingerprint density at radius 3 is 1.78 bits per heavy atom. The number of amides is 3. The van der Waals surface area contributed by atoms with E-state index in [-0.39, 0.29) is 0 Å². The van der Waals surface area contributed by atoms with E-state index in [0.717, 1.165) is 0 Å². The van der Waals surface area contributed by atoms with E-state index in [1.807, 2.05) is 6.79 Å². The largest absolute Gasteiger partial charge is 0.351 e. The van der Waals surface area contributed by atoms with Crippen LogP contribution in [0.2, 0.25) is 0 Å². The molecule has 0 aromatic rings. The second-order valence-electron chi connectivity index (χ2n) is 1.05. The van der Waals surface area contributed by atoms with Crippen molar-refractivity contribution in [2.24, 2.45) is 5.73 Å². The van der Waals surface area contributed by atoms with Gasteiger partial charge in [-0.25, -0.2) is 4.79 Å². The summed E-state index contributed by atoms with van der Waals surface area (Å²) in [6, 6.07) is -0.812. The molecule has 52 valence electrons. The summed E-state index contributed by atoms with van der Waals surface area (Å²) in [4.78, 5) is 27.5. The Morgan fingerprint density at radius 1 is 1.44 bits per heavy atom. The first-order valence-electron chi connectivity index (χ1n) is 1.99. The molecule has 0 rings (SSSR count). The van der Waals surface area contributed by atoms with Gasteiger partial charge in [0.25, 0.3) is 0 Å². The number of nitrogens with two attached hydrogens (primary N) is 1. The van der Waals surface area contributed by atoms with Crippen LogP contribution in [0.5, 0.6) is 0 Å². The summed E-state index contributed by atoms with van der Waals surface area (Å²) in [5, 5.41) is 1.81. The van der Waals surface area contributed by atoms with Gasteiger partial charge in [-0.05, 0) is 0 Å². The number of carbonyl (C=O) groups excluding carboxylic acids is 3. The first kappa shape index (κ1) is 10.6. The molecule has 5 heteroatoms. The smallest absolute Gasteiger partial charge is 0.318 e. The first-order chi connectivity index (χ1) is 4.13. The SMILES string of the molecule is C=O.CC(=O)NC(N)=O. The van der Waals surface area contributed by atoms with Gasteiger partial charge in [0.2, 0.25) is 5.91 Å². The van der Waals surface area contributed by atoms with Gasteiger partial charge in [-0.1, -0.05) is 0 Å². The molecule has 0 unspecified atom stereocenters. The number of primary amides is 1. The molecular weight excluding hydrogens is 124 g/mol. The van der Waals surface area contributed by atoms with Crippen LogP contribution in [-0.2, 0) is 9.59 Å². The summed E-state index contributed by atoms with van der Waals surface area (Å²) in [5.41, 5.74) is 4.52. The topological polar surface area (TPSA) is 89.3 Å². The molecule has 0 radical (unpaired) electrons. The molecule has 0 saturated heterocycles. The molecule has 0 bridgehead atoms. The maximum Gasteiger partial charge on any atom is 0.318 e. The number of carbonyl (C=O) groups is 3. The molecule has 3 N–H and O–H groups in total. The summed E-state index contributed by atoms with van der Waals surface area (Å²) in [5.74, 6) is -0.437. The van der Waals surface area contributed by atoms with E-state index in [1.54, 1.807) is 5.32 Å². The molecule has 0 aromatic carbocycles. The van der Waals surface area contributed by atoms with Crippen molar-refractivity contribution in [2.45, 2.75) is 6.92 Å². The third-order valence-corrected chi connectivity index (χ3v) is 0.299.